The molecule has 0 radical (unpaired) electrons. The van der Waals surface area contributed by atoms with E-state index in [0.717, 1.165) is 21.6 Å². The summed E-state index contributed by atoms with van der Waals surface area (Å²) in [6, 6.07) is 10.5. The molecule has 0 aliphatic rings. The summed E-state index contributed by atoms with van der Waals surface area (Å²) < 4.78 is 25.9. The highest BCUT2D eigenvalue weighted by Crippen LogP contribution is 2.19. The number of benzene rings is 2. The van der Waals surface area contributed by atoms with E-state index in [1.54, 1.807) is 0 Å². The van der Waals surface area contributed by atoms with Gasteiger partial charge in [0.25, 0.3) is 0 Å². The van der Waals surface area contributed by atoms with Gasteiger partial charge >= 0.3 is 0 Å². The highest BCUT2D eigenvalue weighted by atomic mass is 32.2. The lowest BCUT2D eigenvalue weighted by Gasteiger charge is -2.08. The van der Waals surface area contributed by atoms with Crippen LogP contribution in [0, 0.1) is 19.7 Å². The van der Waals surface area contributed by atoms with Crippen LogP contribution in [-0.4, -0.2) is 4.21 Å². The van der Waals surface area contributed by atoms with Crippen LogP contribution in [0.15, 0.2) is 41.3 Å². The number of rotatable bonds is 4. The van der Waals surface area contributed by atoms with Gasteiger partial charge in [0.05, 0.1) is 16.6 Å². The Kier molecular flexibility index (Phi) is 4.68. The van der Waals surface area contributed by atoms with Crippen molar-refractivity contribution in [1.82, 2.24) is 0 Å². The van der Waals surface area contributed by atoms with Gasteiger partial charge in [0.15, 0.2) is 0 Å². The lowest BCUT2D eigenvalue weighted by atomic mass is 10.1. The van der Waals surface area contributed by atoms with Crippen molar-refractivity contribution < 1.29 is 8.60 Å². The summed E-state index contributed by atoms with van der Waals surface area (Å²) in [5, 5.41) is 0. The van der Waals surface area contributed by atoms with Gasteiger partial charge in [0.1, 0.15) is 5.82 Å². The fourth-order valence-electron chi connectivity index (χ4n) is 2.10. The Balaban J connectivity index is 2.27. The zero-order valence-electron chi connectivity index (χ0n) is 11.7. The van der Waals surface area contributed by atoms with Crippen molar-refractivity contribution in [3.8, 4) is 0 Å². The van der Waals surface area contributed by atoms with E-state index in [2.05, 4.69) is 0 Å². The van der Waals surface area contributed by atoms with Crippen LogP contribution in [-0.2, 0) is 23.1 Å². The molecule has 0 aromatic heterocycles. The van der Waals surface area contributed by atoms with Gasteiger partial charge in [0.2, 0.25) is 0 Å². The molecule has 0 amide bonds. The van der Waals surface area contributed by atoms with Crippen molar-refractivity contribution >= 4 is 10.8 Å². The number of hydrogen-bond acceptors (Lipinski definition) is 2. The van der Waals surface area contributed by atoms with Gasteiger partial charge in [-0.05, 0) is 54.3 Å². The maximum absolute atomic E-state index is 13.5. The number of nitrogens with two attached hydrogens (primary N) is 1. The van der Waals surface area contributed by atoms with Crippen LogP contribution in [0.3, 0.4) is 0 Å². The maximum Gasteiger partial charge on any atom is 0.123 e. The Labute approximate surface area is 121 Å². The van der Waals surface area contributed by atoms with Gasteiger partial charge in [-0.2, -0.15) is 0 Å². The normalized spacial score (nSPS) is 12.4. The quantitative estimate of drug-likeness (QED) is 0.940. The first-order chi connectivity index (χ1) is 9.49. The molecule has 2 aromatic carbocycles. The first-order valence-corrected chi connectivity index (χ1v) is 7.75. The second-order valence-electron chi connectivity index (χ2n) is 4.93. The van der Waals surface area contributed by atoms with Crippen LogP contribution < -0.4 is 5.73 Å². The molecule has 2 rings (SSSR count). The van der Waals surface area contributed by atoms with E-state index in [0.29, 0.717) is 11.3 Å². The molecule has 1 atom stereocenters. The lowest BCUT2D eigenvalue weighted by molar-refractivity contribution is 0.623. The van der Waals surface area contributed by atoms with Gasteiger partial charge in [-0.25, -0.2) is 4.39 Å². The predicted octanol–water partition coefficient (Wildman–Crippen LogP) is 3.21. The second kappa shape index (κ2) is 6.29. The minimum atomic E-state index is -1.18. The maximum atomic E-state index is 13.5. The Morgan fingerprint density at radius 1 is 1.10 bits per heavy atom. The summed E-state index contributed by atoms with van der Waals surface area (Å²) in [4.78, 5) is 0.809. The first kappa shape index (κ1) is 14.9. The van der Waals surface area contributed by atoms with E-state index < -0.39 is 10.8 Å². The van der Waals surface area contributed by atoms with Crippen LogP contribution in [0.1, 0.15) is 22.3 Å². The van der Waals surface area contributed by atoms with E-state index in [1.807, 2.05) is 38.1 Å². The SMILES string of the molecule is Cc1ccc(C)c(S(=O)Cc2cc(F)cc(CN)c2)c1. The van der Waals surface area contributed by atoms with Gasteiger partial charge in [0, 0.05) is 11.4 Å². The molecular weight excluding hydrogens is 273 g/mol. The van der Waals surface area contributed by atoms with Crippen molar-refractivity contribution in [2.75, 3.05) is 0 Å². The van der Waals surface area contributed by atoms with Crippen molar-refractivity contribution in [3.05, 3.63) is 64.5 Å². The first-order valence-electron chi connectivity index (χ1n) is 6.43. The molecule has 106 valence electrons. The molecule has 0 saturated heterocycles. The third-order valence-corrected chi connectivity index (χ3v) is 4.67. The molecule has 0 saturated carbocycles. The monoisotopic (exact) mass is 291 g/mol. The molecule has 1 unspecified atom stereocenters. The van der Waals surface area contributed by atoms with E-state index in [-0.39, 0.29) is 12.4 Å². The second-order valence-corrected chi connectivity index (χ2v) is 6.35. The number of aryl methyl sites for hydroxylation is 2. The average Bonchev–Trinajstić information content (AvgIpc) is 2.40. The van der Waals surface area contributed by atoms with Crippen molar-refractivity contribution in [1.29, 1.82) is 0 Å². The molecule has 20 heavy (non-hydrogen) atoms. The van der Waals surface area contributed by atoms with Gasteiger partial charge < -0.3 is 5.73 Å². The molecule has 0 aliphatic carbocycles. The smallest absolute Gasteiger partial charge is 0.123 e. The van der Waals surface area contributed by atoms with Crippen LogP contribution >= 0.6 is 0 Å². The Bertz CT molecular complexity index is 655. The summed E-state index contributed by atoms with van der Waals surface area (Å²) >= 11 is 0. The van der Waals surface area contributed by atoms with Crippen LogP contribution in [0.25, 0.3) is 0 Å². The van der Waals surface area contributed by atoms with E-state index in [1.165, 1.54) is 12.1 Å². The molecule has 0 heterocycles. The molecule has 0 aliphatic heterocycles. The highest BCUT2D eigenvalue weighted by Gasteiger charge is 2.10. The highest BCUT2D eigenvalue weighted by molar-refractivity contribution is 7.84. The third-order valence-electron chi connectivity index (χ3n) is 3.14. The third kappa shape index (κ3) is 3.52. The van der Waals surface area contributed by atoms with Gasteiger partial charge in [-0.1, -0.05) is 18.2 Å². The summed E-state index contributed by atoms with van der Waals surface area (Å²) in [7, 11) is -1.18. The topological polar surface area (TPSA) is 43.1 Å². The molecule has 0 spiro atoms. The summed E-state index contributed by atoms with van der Waals surface area (Å²) in [6.07, 6.45) is 0. The molecule has 0 fully saturated rings. The minimum Gasteiger partial charge on any atom is -0.326 e. The molecule has 4 heteroatoms. The van der Waals surface area contributed by atoms with Crippen LogP contribution in [0.4, 0.5) is 4.39 Å². The van der Waals surface area contributed by atoms with Gasteiger partial charge in [-0.15, -0.1) is 0 Å². The zero-order valence-corrected chi connectivity index (χ0v) is 12.5. The average molecular weight is 291 g/mol. The molecule has 2 aromatic rings. The summed E-state index contributed by atoms with van der Waals surface area (Å²) in [5.74, 6) is -0.0318. The molecule has 0 bridgehead atoms. The van der Waals surface area contributed by atoms with E-state index >= 15 is 0 Å². The Morgan fingerprint density at radius 2 is 1.80 bits per heavy atom. The Morgan fingerprint density at radius 3 is 2.50 bits per heavy atom. The van der Waals surface area contributed by atoms with E-state index in [9.17, 15) is 8.60 Å². The summed E-state index contributed by atoms with van der Waals surface area (Å²) in [6.45, 7) is 4.18. The fourth-order valence-corrected chi connectivity index (χ4v) is 3.47. The molecule has 2 nitrogen and oxygen atoms in total. The lowest BCUT2D eigenvalue weighted by Crippen LogP contribution is -2.03. The minimum absolute atomic E-state index is 0.279. The van der Waals surface area contributed by atoms with Crippen molar-refractivity contribution in [2.45, 2.75) is 31.0 Å². The van der Waals surface area contributed by atoms with Crippen LogP contribution in [0.5, 0.6) is 0 Å². The van der Waals surface area contributed by atoms with Crippen molar-refractivity contribution in [2.24, 2.45) is 5.73 Å². The zero-order chi connectivity index (χ0) is 14.7. The summed E-state index contributed by atoms with van der Waals surface area (Å²) in [5.41, 5.74) is 9.02. The largest absolute Gasteiger partial charge is 0.326 e. The van der Waals surface area contributed by atoms with Gasteiger partial charge in [-0.3, -0.25) is 4.21 Å². The fraction of sp³-hybridized carbons (Fsp3) is 0.250. The molecular formula is C16H18FNOS. The van der Waals surface area contributed by atoms with Crippen LogP contribution in [0.2, 0.25) is 0 Å². The standard InChI is InChI=1S/C16H18FNOS/c1-11-3-4-12(2)16(5-11)20(19)10-14-6-13(9-18)7-15(17)8-14/h3-8H,9-10,18H2,1-2H3. The van der Waals surface area contributed by atoms with E-state index in [4.69, 9.17) is 5.73 Å². The number of halogens is 1. The van der Waals surface area contributed by atoms with Crippen molar-refractivity contribution in [3.63, 3.8) is 0 Å². The predicted molar refractivity (Wildman–Crippen MR) is 80.3 cm³/mol. The Hall–Kier alpha value is -1.52. The molecule has 2 N–H and O–H groups in total. The number of hydrogen-bond donors (Lipinski definition) is 1.